The maximum absolute atomic E-state index is 5.87. The SMILES string of the molecule is CC1CCC(C(C)C)/C(=N/NC(=S)Nc2ccc(Cl)cc2)C1. The molecule has 2 rings (SSSR count). The lowest BCUT2D eigenvalue weighted by atomic mass is 9.76. The Labute approximate surface area is 143 Å². The van der Waals surface area contributed by atoms with Crippen molar-refractivity contribution in [1.82, 2.24) is 5.43 Å². The Balaban J connectivity index is 1.96. The van der Waals surface area contributed by atoms with Gasteiger partial charge < -0.3 is 5.32 Å². The average Bonchev–Trinajstić information content (AvgIpc) is 2.47. The highest BCUT2D eigenvalue weighted by Crippen LogP contribution is 2.31. The Kier molecular flexibility index (Phi) is 6.21. The summed E-state index contributed by atoms with van der Waals surface area (Å²) in [5.41, 5.74) is 5.14. The first-order valence-corrected chi connectivity index (χ1v) is 8.63. The predicted molar refractivity (Wildman–Crippen MR) is 99.6 cm³/mol. The van der Waals surface area contributed by atoms with Gasteiger partial charge in [0.05, 0.1) is 0 Å². The van der Waals surface area contributed by atoms with E-state index in [0.29, 0.717) is 27.9 Å². The molecule has 0 radical (unpaired) electrons. The van der Waals surface area contributed by atoms with Crippen LogP contribution in [0.2, 0.25) is 5.02 Å². The molecule has 0 aliphatic heterocycles. The Bertz CT molecular complexity index is 539. The molecule has 120 valence electrons. The second kappa shape index (κ2) is 7.93. The van der Waals surface area contributed by atoms with Crippen LogP contribution in [0.4, 0.5) is 5.69 Å². The number of hydrogen-bond donors (Lipinski definition) is 2. The van der Waals surface area contributed by atoms with Crippen LogP contribution < -0.4 is 10.7 Å². The van der Waals surface area contributed by atoms with E-state index in [1.807, 2.05) is 24.3 Å². The van der Waals surface area contributed by atoms with Crippen molar-refractivity contribution in [3.63, 3.8) is 0 Å². The second-order valence-electron chi connectivity index (χ2n) is 6.41. The molecule has 5 heteroatoms. The molecule has 1 aromatic carbocycles. The van der Waals surface area contributed by atoms with E-state index in [2.05, 4.69) is 36.6 Å². The topological polar surface area (TPSA) is 36.4 Å². The van der Waals surface area contributed by atoms with E-state index in [4.69, 9.17) is 23.8 Å². The van der Waals surface area contributed by atoms with Crippen molar-refractivity contribution in [3.05, 3.63) is 29.3 Å². The number of hydrogen-bond acceptors (Lipinski definition) is 2. The summed E-state index contributed by atoms with van der Waals surface area (Å²) < 4.78 is 0. The van der Waals surface area contributed by atoms with Gasteiger partial charge in [-0.2, -0.15) is 5.10 Å². The Morgan fingerprint density at radius 1 is 1.27 bits per heavy atom. The zero-order chi connectivity index (χ0) is 16.1. The molecule has 22 heavy (non-hydrogen) atoms. The second-order valence-corrected chi connectivity index (χ2v) is 7.26. The number of thiocarbonyl (C=S) groups is 1. The fourth-order valence-electron chi connectivity index (χ4n) is 2.90. The largest absolute Gasteiger partial charge is 0.331 e. The molecule has 2 N–H and O–H groups in total. The maximum Gasteiger partial charge on any atom is 0.191 e. The van der Waals surface area contributed by atoms with Gasteiger partial charge in [-0.15, -0.1) is 0 Å². The van der Waals surface area contributed by atoms with Gasteiger partial charge in [0.25, 0.3) is 0 Å². The van der Waals surface area contributed by atoms with Gasteiger partial charge in [0.1, 0.15) is 0 Å². The van der Waals surface area contributed by atoms with Crippen molar-refractivity contribution < 1.29 is 0 Å². The van der Waals surface area contributed by atoms with E-state index in [-0.39, 0.29) is 0 Å². The van der Waals surface area contributed by atoms with Crippen LogP contribution in [-0.2, 0) is 0 Å². The molecule has 0 aromatic heterocycles. The normalized spacial score (nSPS) is 23.6. The van der Waals surface area contributed by atoms with E-state index in [1.54, 1.807) is 0 Å². The van der Waals surface area contributed by atoms with Crippen LogP contribution in [-0.4, -0.2) is 10.8 Å². The molecule has 0 amide bonds. The molecule has 0 spiro atoms. The fourth-order valence-corrected chi connectivity index (χ4v) is 3.19. The molecule has 3 nitrogen and oxygen atoms in total. The predicted octanol–water partition coefficient (Wildman–Crippen LogP) is 5.07. The van der Waals surface area contributed by atoms with Gasteiger partial charge in [-0.3, -0.25) is 5.43 Å². The summed E-state index contributed by atoms with van der Waals surface area (Å²) >= 11 is 11.2. The molecule has 2 unspecified atom stereocenters. The van der Waals surface area contributed by atoms with Crippen LogP contribution in [0.3, 0.4) is 0 Å². The molecule has 0 heterocycles. The number of halogens is 1. The third-order valence-corrected chi connectivity index (χ3v) is 4.61. The number of nitrogens with one attached hydrogen (secondary N) is 2. The first kappa shape index (κ1) is 17.2. The first-order valence-electron chi connectivity index (χ1n) is 7.84. The van der Waals surface area contributed by atoms with Crippen molar-refractivity contribution in [2.24, 2.45) is 22.9 Å². The number of anilines is 1. The highest BCUT2D eigenvalue weighted by atomic mass is 35.5. The van der Waals surface area contributed by atoms with Crippen molar-refractivity contribution >= 4 is 40.3 Å². The summed E-state index contributed by atoms with van der Waals surface area (Å²) in [4.78, 5) is 0. The van der Waals surface area contributed by atoms with E-state index >= 15 is 0 Å². The number of rotatable bonds is 3. The van der Waals surface area contributed by atoms with Crippen molar-refractivity contribution in [2.45, 2.75) is 40.0 Å². The highest BCUT2D eigenvalue weighted by Gasteiger charge is 2.27. The lowest BCUT2D eigenvalue weighted by Gasteiger charge is -2.30. The molecule has 1 aliphatic carbocycles. The summed E-state index contributed by atoms with van der Waals surface area (Å²) in [6.07, 6.45) is 3.56. The smallest absolute Gasteiger partial charge is 0.191 e. The quantitative estimate of drug-likeness (QED) is 0.597. The van der Waals surface area contributed by atoms with Gasteiger partial charge >= 0.3 is 0 Å². The van der Waals surface area contributed by atoms with Crippen molar-refractivity contribution in [2.75, 3.05) is 5.32 Å². The number of nitrogens with zero attached hydrogens (tertiary/aromatic N) is 1. The minimum Gasteiger partial charge on any atom is -0.331 e. The molecule has 1 fully saturated rings. The maximum atomic E-state index is 5.87. The summed E-state index contributed by atoms with van der Waals surface area (Å²) in [6, 6.07) is 7.44. The summed E-state index contributed by atoms with van der Waals surface area (Å²) in [5, 5.41) is 8.92. The monoisotopic (exact) mass is 337 g/mol. The van der Waals surface area contributed by atoms with Gasteiger partial charge in [-0.05, 0) is 67.6 Å². The minimum atomic E-state index is 0.510. The van der Waals surface area contributed by atoms with E-state index < -0.39 is 0 Å². The van der Waals surface area contributed by atoms with E-state index in [0.717, 1.165) is 12.1 Å². The molecular formula is C17H24ClN3S. The fraction of sp³-hybridized carbons (Fsp3) is 0.529. The Hall–Kier alpha value is -1.13. The molecular weight excluding hydrogens is 314 g/mol. The molecule has 1 saturated carbocycles. The zero-order valence-electron chi connectivity index (χ0n) is 13.4. The van der Waals surface area contributed by atoms with E-state index in [1.165, 1.54) is 18.6 Å². The van der Waals surface area contributed by atoms with Crippen molar-refractivity contribution in [3.8, 4) is 0 Å². The summed E-state index contributed by atoms with van der Waals surface area (Å²) in [7, 11) is 0. The third kappa shape index (κ3) is 4.96. The Morgan fingerprint density at radius 3 is 2.59 bits per heavy atom. The van der Waals surface area contributed by atoms with Crippen LogP contribution in [0.1, 0.15) is 40.0 Å². The third-order valence-electron chi connectivity index (χ3n) is 4.16. The molecule has 2 atom stereocenters. The summed E-state index contributed by atoms with van der Waals surface area (Å²) in [6.45, 7) is 6.82. The van der Waals surface area contributed by atoms with Crippen molar-refractivity contribution in [1.29, 1.82) is 0 Å². The van der Waals surface area contributed by atoms with Crippen LogP contribution >= 0.6 is 23.8 Å². The first-order chi connectivity index (χ1) is 10.5. The molecule has 0 saturated heterocycles. The average molecular weight is 338 g/mol. The van der Waals surface area contributed by atoms with Crippen LogP contribution in [0, 0.1) is 17.8 Å². The molecule has 0 bridgehead atoms. The van der Waals surface area contributed by atoms with Crippen LogP contribution in [0.5, 0.6) is 0 Å². The highest BCUT2D eigenvalue weighted by molar-refractivity contribution is 7.80. The van der Waals surface area contributed by atoms with Gasteiger partial charge in [0.2, 0.25) is 0 Å². The number of benzene rings is 1. The minimum absolute atomic E-state index is 0.510. The van der Waals surface area contributed by atoms with Crippen LogP contribution in [0.25, 0.3) is 0 Å². The molecule has 1 aliphatic rings. The van der Waals surface area contributed by atoms with Gasteiger partial charge in [-0.25, -0.2) is 0 Å². The lowest BCUT2D eigenvalue weighted by molar-refractivity contribution is 0.363. The standard InChI is InChI=1S/C17H24ClN3S/c1-11(2)15-9-4-12(3)10-16(15)20-21-17(22)19-14-7-5-13(18)6-8-14/h5-8,11-12,15H,4,9-10H2,1-3H3,(H2,19,21,22)/b20-16+. The van der Waals surface area contributed by atoms with E-state index in [9.17, 15) is 0 Å². The Morgan fingerprint density at radius 2 is 1.95 bits per heavy atom. The zero-order valence-corrected chi connectivity index (χ0v) is 15.0. The van der Waals surface area contributed by atoms with Crippen LogP contribution in [0.15, 0.2) is 29.4 Å². The van der Waals surface area contributed by atoms with Gasteiger partial charge in [-0.1, -0.05) is 32.4 Å². The molecule has 1 aromatic rings. The number of hydrazone groups is 1. The lowest BCUT2D eigenvalue weighted by Crippen LogP contribution is -2.32. The van der Waals surface area contributed by atoms with Gasteiger partial charge in [0.15, 0.2) is 5.11 Å². The van der Waals surface area contributed by atoms with Gasteiger partial charge in [0, 0.05) is 22.3 Å². The summed E-state index contributed by atoms with van der Waals surface area (Å²) in [5.74, 6) is 1.88.